The van der Waals surface area contributed by atoms with Crippen molar-refractivity contribution in [2.24, 2.45) is 0 Å². The number of nitrogens with one attached hydrogen (secondary N) is 1. The standard InChI is InChI=1S/C22H19N3O5S/c1-14(26)23-22-24-19(12-7-15-5-10-18(11-6-15)25(28)29)20(31-22)13-16-3-8-17(9-4-16)21(27)30-2/h3-12H,13H2,1-2H3,(H,23,24,26)/b12-7-. The van der Waals surface area contributed by atoms with Crippen molar-refractivity contribution in [3.05, 3.63) is 85.9 Å². The van der Waals surface area contributed by atoms with Gasteiger partial charge in [-0.2, -0.15) is 0 Å². The number of aromatic nitrogens is 1. The van der Waals surface area contributed by atoms with Crippen LogP contribution in [0, 0.1) is 10.1 Å². The molecular formula is C22H19N3O5S. The van der Waals surface area contributed by atoms with Crippen LogP contribution in [-0.4, -0.2) is 28.9 Å². The van der Waals surface area contributed by atoms with Gasteiger partial charge in [-0.25, -0.2) is 9.78 Å². The molecular weight excluding hydrogens is 418 g/mol. The van der Waals surface area contributed by atoms with Crippen molar-refractivity contribution < 1.29 is 19.2 Å². The largest absolute Gasteiger partial charge is 0.465 e. The minimum atomic E-state index is -0.447. The van der Waals surface area contributed by atoms with Crippen molar-refractivity contribution in [3.8, 4) is 0 Å². The van der Waals surface area contributed by atoms with Crippen LogP contribution in [0.4, 0.5) is 10.8 Å². The Kier molecular flexibility index (Phi) is 6.88. The van der Waals surface area contributed by atoms with Crippen LogP contribution >= 0.6 is 11.3 Å². The number of nitro groups is 1. The second kappa shape index (κ2) is 9.77. The first-order valence-corrected chi connectivity index (χ1v) is 10.0. The summed E-state index contributed by atoms with van der Waals surface area (Å²) in [6, 6.07) is 13.3. The highest BCUT2D eigenvalue weighted by molar-refractivity contribution is 7.16. The molecule has 1 amide bonds. The summed E-state index contributed by atoms with van der Waals surface area (Å²) >= 11 is 1.36. The molecule has 9 heteroatoms. The number of rotatable bonds is 7. The summed E-state index contributed by atoms with van der Waals surface area (Å²) in [5.74, 6) is -0.613. The monoisotopic (exact) mass is 437 g/mol. The molecule has 0 aliphatic heterocycles. The second-order valence-corrected chi connectivity index (χ2v) is 7.64. The lowest BCUT2D eigenvalue weighted by Gasteiger charge is -2.03. The van der Waals surface area contributed by atoms with E-state index in [1.807, 2.05) is 12.1 Å². The Morgan fingerprint density at radius 1 is 1.13 bits per heavy atom. The average molecular weight is 437 g/mol. The van der Waals surface area contributed by atoms with Crippen LogP contribution in [0.2, 0.25) is 0 Å². The molecule has 0 fully saturated rings. The molecule has 1 N–H and O–H groups in total. The van der Waals surface area contributed by atoms with Gasteiger partial charge in [0.15, 0.2) is 5.13 Å². The zero-order chi connectivity index (χ0) is 22.4. The number of hydrogen-bond acceptors (Lipinski definition) is 7. The van der Waals surface area contributed by atoms with E-state index in [9.17, 15) is 19.7 Å². The van der Waals surface area contributed by atoms with Crippen LogP contribution < -0.4 is 5.32 Å². The van der Waals surface area contributed by atoms with Gasteiger partial charge in [0.1, 0.15) is 0 Å². The minimum absolute atomic E-state index is 0.0230. The molecule has 1 aromatic heterocycles. The van der Waals surface area contributed by atoms with E-state index in [-0.39, 0.29) is 11.6 Å². The number of thiazole rings is 1. The maximum atomic E-state index is 11.6. The zero-order valence-corrected chi connectivity index (χ0v) is 17.6. The SMILES string of the molecule is COC(=O)c1ccc(Cc2sc(NC(C)=O)nc2/C=C\c2ccc([N+](=O)[O-])cc2)cc1. The maximum absolute atomic E-state index is 11.6. The summed E-state index contributed by atoms with van der Waals surface area (Å²) < 4.78 is 4.71. The fraction of sp³-hybridized carbons (Fsp3) is 0.136. The molecule has 8 nitrogen and oxygen atoms in total. The van der Waals surface area contributed by atoms with Crippen molar-refractivity contribution >= 4 is 46.2 Å². The molecule has 0 bridgehead atoms. The number of benzene rings is 2. The van der Waals surface area contributed by atoms with E-state index in [4.69, 9.17) is 4.74 Å². The molecule has 0 unspecified atom stereocenters. The quantitative estimate of drug-likeness (QED) is 0.330. The van der Waals surface area contributed by atoms with Crippen LogP contribution in [0.25, 0.3) is 12.2 Å². The van der Waals surface area contributed by atoms with Crippen LogP contribution in [-0.2, 0) is 16.0 Å². The molecule has 3 rings (SSSR count). The Labute approximate surface area is 182 Å². The average Bonchev–Trinajstić information content (AvgIpc) is 3.12. The third-order valence-electron chi connectivity index (χ3n) is 4.29. The van der Waals surface area contributed by atoms with E-state index in [0.717, 1.165) is 16.0 Å². The van der Waals surface area contributed by atoms with Crippen LogP contribution in [0.3, 0.4) is 0 Å². The van der Waals surface area contributed by atoms with E-state index in [1.165, 1.54) is 37.5 Å². The molecule has 0 saturated carbocycles. The van der Waals surface area contributed by atoms with Gasteiger partial charge in [0.05, 0.1) is 23.3 Å². The lowest BCUT2D eigenvalue weighted by Crippen LogP contribution is -2.04. The number of methoxy groups -OCH3 is 1. The minimum Gasteiger partial charge on any atom is -0.465 e. The summed E-state index contributed by atoms with van der Waals surface area (Å²) in [5.41, 5.74) is 2.93. The predicted octanol–water partition coefficient (Wildman–Crippen LogP) is 4.56. The normalized spacial score (nSPS) is 10.8. The fourth-order valence-electron chi connectivity index (χ4n) is 2.77. The third kappa shape index (κ3) is 5.83. The Balaban J connectivity index is 1.85. The summed E-state index contributed by atoms with van der Waals surface area (Å²) in [7, 11) is 1.33. The molecule has 3 aromatic rings. The number of anilines is 1. The van der Waals surface area contributed by atoms with Crippen molar-refractivity contribution in [3.63, 3.8) is 0 Å². The molecule has 158 valence electrons. The molecule has 0 aliphatic rings. The van der Waals surface area contributed by atoms with E-state index < -0.39 is 10.9 Å². The lowest BCUT2D eigenvalue weighted by molar-refractivity contribution is -0.384. The summed E-state index contributed by atoms with van der Waals surface area (Å²) in [5, 5.41) is 14.0. The van der Waals surface area contributed by atoms with Crippen molar-refractivity contribution in [1.82, 2.24) is 4.98 Å². The summed E-state index contributed by atoms with van der Waals surface area (Å²) in [6.45, 7) is 1.42. The Hall–Kier alpha value is -3.85. The maximum Gasteiger partial charge on any atom is 0.337 e. The molecule has 0 radical (unpaired) electrons. The first-order valence-electron chi connectivity index (χ1n) is 9.23. The van der Waals surface area contributed by atoms with Gasteiger partial charge in [-0.1, -0.05) is 18.2 Å². The molecule has 1 heterocycles. The second-order valence-electron chi connectivity index (χ2n) is 6.56. The van der Waals surface area contributed by atoms with Crippen LogP contribution in [0.5, 0.6) is 0 Å². The van der Waals surface area contributed by atoms with Gasteiger partial charge in [-0.3, -0.25) is 14.9 Å². The lowest BCUT2D eigenvalue weighted by atomic mass is 10.1. The first kappa shape index (κ1) is 21.8. The summed E-state index contributed by atoms with van der Waals surface area (Å²) in [4.78, 5) is 38.8. The fourth-order valence-corrected chi connectivity index (χ4v) is 3.80. The Bertz CT molecular complexity index is 1130. The van der Waals surface area contributed by atoms with Crippen LogP contribution in [0.1, 0.15) is 39.0 Å². The van der Waals surface area contributed by atoms with Gasteiger partial charge in [0.2, 0.25) is 5.91 Å². The van der Waals surface area contributed by atoms with Gasteiger partial charge in [0.25, 0.3) is 5.69 Å². The van der Waals surface area contributed by atoms with Gasteiger partial charge in [-0.05, 0) is 41.5 Å². The molecule has 0 spiro atoms. The van der Waals surface area contributed by atoms with Gasteiger partial charge < -0.3 is 10.1 Å². The Morgan fingerprint density at radius 3 is 2.39 bits per heavy atom. The van der Waals surface area contributed by atoms with Crippen molar-refractivity contribution in [2.75, 3.05) is 12.4 Å². The van der Waals surface area contributed by atoms with E-state index in [1.54, 1.807) is 36.4 Å². The van der Waals surface area contributed by atoms with Gasteiger partial charge in [-0.15, -0.1) is 11.3 Å². The highest BCUT2D eigenvalue weighted by Crippen LogP contribution is 2.28. The number of ether oxygens (including phenoxy) is 1. The smallest absolute Gasteiger partial charge is 0.337 e. The molecule has 2 aromatic carbocycles. The number of hydrogen-bond donors (Lipinski definition) is 1. The number of carbonyl (C=O) groups excluding carboxylic acids is 2. The first-order chi connectivity index (χ1) is 14.9. The molecule has 0 atom stereocenters. The van der Waals surface area contributed by atoms with E-state index in [2.05, 4.69) is 10.3 Å². The number of esters is 1. The number of nitro benzene ring substituents is 1. The van der Waals surface area contributed by atoms with Gasteiger partial charge in [0, 0.05) is 30.4 Å². The molecule has 0 saturated heterocycles. The molecule has 0 aliphatic carbocycles. The summed E-state index contributed by atoms with van der Waals surface area (Å²) in [6.07, 6.45) is 4.17. The van der Waals surface area contributed by atoms with E-state index in [0.29, 0.717) is 22.8 Å². The highest BCUT2D eigenvalue weighted by atomic mass is 32.1. The van der Waals surface area contributed by atoms with Crippen molar-refractivity contribution in [1.29, 1.82) is 0 Å². The predicted molar refractivity (Wildman–Crippen MR) is 119 cm³/mol. The number of carbonyl (C=O) groups is 2. The Morgan fingerprint density at radius 2 is 1.81 bits per heavy atom. The topological polar surface area (TPSA) is 111 Å². The zero-order valence-electron chi connectivity index (χ0n) is 16.8. The number of nitrogens with zero attached hydrogens (tertiary/aromatic N) is 2. The number of amides is 1. The third-order valence-corrected chi connectivity index (χ3v) is 5.27. The van der Waals surface area contributed by atoms with Crippen molar-refractivity contribution in [2.45, 2.75) is 13.3 Å². The van der Waals surface area contributed by atoms with Crippen LogP contribution in [0.15, 0.2) is 48.5 Å². The van der Waals surface area contributed by atoms with E-state index >= 15 is 0 Å². The van der Waals surface area contributed by atoms with Gasteiger partial charge >= 0.3 is 5.97 Å². The molecule has 31 heavy (non-hydrogen) atoms. The highest BCUT2D eigenvalue weighted by Gasteiger charge is 2.12. The number of non-ortho nitro benzene ring substituents is 1.